The van der Waals surface area contributed by atoms with Crippen LogP contribution in [0.1, 0.15) is 18.0 Å². The number of halogens is 2. The lowest BCUT2D eigenvalue weighted by atomic mass is 9.95. The van der Waals surface area contributed by atoms with Gasteiger partial charge < -0.3 is 10.1 Å². The van der Waals surface area contributed by atoms with E-state index in [2.05, 4.69) is 28.4 Å². The lowest BCUT2D eigenvalue weighted by molar-refractivity contribution is 0.158. The van der Waals surface area contributed by atoms with Gasteiger partial charge in [0.25, 0.3) is 0 Å². The summed E-state index contributed by atoms with van der Waals surface area (Å²) in [6.45, 7) is 3.57. The summed E-state index contributed by atoms with van der Waals surface area (Å²) in [5, 5.41) is 5.63. The van der Waals surface area contributed by atoms with Crippen molar-refractivity contribution < 1.29 is 9.13 Å². The SMILES string of the molecule is COc1ccc([C@@H](CCF)N2CCNCC2)c2ccccc12.Cl. The zero-order chi connectivity index (χ0) is 15.4. The number of benzene rings is 2. The molecule has 0 unspecified atom stereocenters. The van der Waals surface area contributed by atoms with Crippen molar-refractivity contribution in [2.75, 3.05) is 40.0 Å². The Morgan fingerprint density at radius 2 is 1.83 bits per heavy atom. The molecule has 126 valence electrons. The predicted molar refractivity (Wildman–Crippen MR) is 95.5 cm³/mol. The van der Waals surface area contributed by atoms with Gasteiger partial charge in [-0.05, 0) is 23.4 Å². The number of nitrogens with one attached hydrogen (secondary N) is 1. The van der Waals surface area contributed by atoms with Crippen LogP contribution in [0, 0.1) is 0 Å². The molecule has 5 heteroatoms. The molecule has 1 atom stereocenters. The highest BCUT2D eigenvalue weighted by Crippen LogP contribution is 2.35. The van der Waals surface area contributed by atoms with Gasteiger partial charge in [-0.3, -0.25) is 9.29 Å². The minimum absolute atomic E-state index is 0. The smallest absolute Gasteiger partial charge is 0.126 e. The quantitative estimate of drug-likeness (QED) is 0.902. The van der Waals surface area contributed by atoms with Crippen LogP contribution in [0.5, 0.6) is 5.75 Å². The Labute approximate surface area is 143 Å². The van der Waals surface area contributed by atoms with Crippen molar-refractivity contribution in [2.24, 2.45) is 0 Å². The van der Waals surface area contributed by atoms with Crippen LogP contribution < -0.4 is 10.1 Å². The Hall–Kier alpha value is -1.36. The molecule has 0 amide bonds. The van der Waals surface area contributed by atoms with Crippen LogP contribution in [-0.2, 0) is 0 Å². The van der Waals surface area contributed by atoms with Gasteiger partial charge in [0.15, 0.2) is 0 Å². The van der Waals surface area contributed by atoms with Gasteiger partial charge in [-0.1, -0.05) is 30.3 Å². The highest BCUT2D eigenvalue weighted by Gasteiger charge is 2.24. The molecule has 0 radical (unpaired) electrons. The maximum atomic E-state index is 13.2. The Morgan fingerprint density at radius 3 is 2.48 bits per heavy atom. The zero-order valence-electron chi connectivity index (χ0n) is 13.4. The van der Waals surface area contributed by atoms with E-state index >= 15 is 0 Å². The third-order valence-corrected chi connectivity index (χ3v) is 4.47. The van der Waals surface area contributed by atoms with E-state index in [0.29, 0.717) is 6.42 Å². The monoisotopic (exact) mass is 338 g/mol. The van der Waals surface area contributed by atoms with Gasteiger partial charge in [0, 0.05) is 37.6 Å². The predicted octanol–water partition coefficient (Wildman–Crippen LogP) is 3.58. The van der Waals surface area contributed by atoms with E-state index in [4.69, 9.17) is 4.74 Å². The van der Waals surface area contributed by atoms with Crippen molar-refractivity contribution in [3.05, 3.63) is 42.0 Å². The summed E-state index contributed by atoms with van der Waals surface area (Å²) in [6, 6.07) is 12.5. The fourth-order valence-corrected chi connectivity index (χ4v) is 3.40. The van der Waals surface area contributed by atoms with Gasteiger partial charge in [0.2, 0.25) is 0 Å². The number of nitrogens with zero attached hydrogens (tertiary/aromatic N) is 1. The Bertz CT molecular complexity index is 631. The first-order chi connectivity index (χ1) is 10.8. The molecular weight excluding hydrogens is 315 g/mol. The second-order valence-corrected chi connectivity index (χ2v) is 5.68. The van der Waals surface area contributed by atoms with Crippen LogP contribution in [0.3, 0.4) is 0 Å². The molecule has 0 saturated carbocycles. The van der Waals surface area contributed by atoms with Crippen molar-refractivity contribution >= 4 is 23.2 Å². The fraction of sp³-hybridized carbons (Fsp3) is 0.444. The average Bonchev–Trinajstić information content (AvgIpc) is 2.60. The maximum Gasteiger partial charge on any atom is 0.126 e. The third-order valence-electron chi connectivity index (χ3n) is 4.47. The topological polar surface area (TPSA) is 24.5 Å². The summed E-state index contributed by atoms with van der Waals surface area (Å²) in [7, 11) is 1.69. The Morgan fingerprint density at radius 1 is 1.13 bits per heavy atom. The molecule has 1 fully saturated rings. The van der Waals surface area contributed by atoms with Gasteiger partial charge in [-0.15, -0.1) is 12.4 Å². The summed E-state index contributed by atoms with van der Waals surface area (Å²) in [4.78, 5) is 2.39. The molecule has 1 heterocycles. The van der Waals surface area contributed by atoms with Crippen molar-refractivity contribution in [1.29, 1.82) is 0 Å². The van der Waals surface area contributed by atoms with Gasteiger partial charge in [-0.2, -0.15) is 0 Å². The second-order valence-electron chi connectivity index (χ2n) is 5.68. The van der Waals surface area contributed by atoms with Gasteiger partial charge in [0.05, 0.1) is 13.8 Å². The van der Waals surface area contributed by atoms with Crippen LogP contribution in [-0.4, -0.2) is 44.9 Å². The van der Waals surface area contributed by atoms with E-state index in [0.717, 1.165) is 37.3 Å². The first-order valence-electron chi connectivity index (χ1n) is 7.91. The minimum Gasteiger partial charge on any atom is -0.496 e. The van der Waals surface area contributed by atoms with Crippen LogP contribution in [0.25, 0.3) is 10.8 Å². The lowest BCUT2D eigenvalue weighted by Crippen LogP contribution is -2.45. The lowest BCUT2D eigenvalue weighted by Gasteiger charge is -2.35. The Balaban J connectivity index is 0.00000192. The summed E-state index contributed by atoms with van der Waals surface area (Å²) in [5.74, 6) is 0.874. The second kappa shape index (κ2) is 8.48. The highest BCUT2D eigenvalue weighted by molar-refractivity contribution is 5.91. The molecular formula is C18H24ClFN2O. The summed E-state index contributed by atoms with van der Waals surface area (Å²) in [6.07, 6.45) is 0.538. The third kappa shape index (κ3) is 3.77. The highest BCUT2D eigenvalue weighted by atomic mass is 35.5. The van der Waals surface area contributed by atoms with Crippen molar-refractivity contribution in [3.63, 3.8) is 0 Å². The van der Waals surface area contributed by atoms with Crippen molar-refractivity contribution in [1.82, 2.24) is 10.2 Å². The maximum absolute atomic E-state index is 13.2. The first kappa shape index (κ1) is 18.0. The molecule has 2 aromatic carbocycles. The largest absolute Gasteiger partial charge is 0.496 e. The van der Waals surface area contributed by atoms with E-state index in [1.54, 1.807) is 7.11 Å². The van der Waals surface area contributed by atoms with E-state index in [1.807, 2.05) is 18.2 Å². The van der Waals surface area contributed by atoms with Crippen LogP contribution in [0.4, 0.5) is 4.39 Å². The van der Waals surface area contributed by atoms with E-state index in [-0.39, 0.29) is 25.1 Å². The summed E-state index contributed by atoms with van der Waals surface area (Å²) in [5.41, 5.74) is 1.20. The molecule has 2 aromatic rings. The van der Waals surface area contributed by atoms with Crippen LogP contribution in [0.15, 0.2) is 36.4 Å². The molecule has 0 spiro atoms. The number of fused-ring (bicyclic) bond motifs is 1. The van der Waals surface area contributed by atoms with E-state index in [1.165, 1.54) is 10.9 Å². The van der Waals surface area contributed by atoms with Gasteiger partial charge in [0.1, 0.15) is 5.75 Å². The molecule has 1 N–H and O–H groups in total. The molecule has 3 nitrogen and oxygen atoms in total. The molecule has 3 rings (SSSR count). The summed E-state index contributed by atoms with van der Waals surface area (Å²) >= 11 is 0. The number of hydrogen-bond donors (Lipinski definition) is 1. The number of methoxy groups -OCH3 is 1. The summed E-state index contributed by atoms with van der Waals surface area (Å²) < 4.78 is 18.6. The minimum atomic E-state index is -0.297. The molecule has 0 bridgehead atoms. The number of hydrogen-bond acceptors (Lipinski definition) is 3. The zero-order valence-corrected chi connectivity index (χ0v) is 14.2. The first-order valence-corrected chi connectivity index (χ1v) is 7.91. The van der Waals surface area contributed by atoms with Crippen LogP contribution >= 0.6 is 12.4 Å². The fourth-order valence-electron chi connectivity index (χ4n) is 3.40. The molecule has 0 aromatic heterocycles. The average molecular weight is 339 g/mol. The number of piperazine rings is 1. The molecule has 0 aliphatic carbocycles. The van der Waals surface area contributed by atoms with Crippen molar-refractivity contribution in [2.45, 2.75) is 12.5 Å². The number of alkyl halides is 1. The standard InChI is InChI=1S/C18H23FN2O.ClH/c1-22-18-7-6-15(14-4-2-3-5-16(14)18)17(8-9-19)21-12-10-20-11-13-21;/h2-7,17,20H,8-13H2,1H3;1H/t17-;/m1./s1. The van der Waals surface area contributed by atoms with Gasteiger partial charge >= 0.3 is 0 Å². The molecule has 1 saturated heterocycles. The number of rotatable bonds is 5. The Kier molecular flexibility index (Phi) is 6.63. The number of ether oxygens (including phenoxy) is 1. The van der Waals surface area contributed by atoms with E-state index < -0.39 is 0 Å². The molecule has 1 aliphatic heterocycles. The normalized spacial score (nSPS) is 16.8. The molecule has 1 aliphatic rings. The van der Waals surface area contributed by atoms with E-state index in [9.17, 15) is 4.39 Å². The van der Waals surface area contributed by atoms with Crippen LogP contribution in [0.2, 0.25) is 0 Å². The van der Waals surface area contributed by atoms with Crippen molar-refractivity contribution in [3.8, 4) is 5.75 Å². The van der Waals surface area contributed by atoms with Gasteiger partial charge in [-0.25, -0.2) is 0 Å². The molecule has 23 heavy (non-hydrogen) atoms.